The predicted molar refractivity (Wildman–Crippen MR) is 88.2 cm³/mol. The molecule has 11 heteroatoms. The largest absolute Gasteiger partial charge is 0.468 e. The third-order valence-corrected chi connectivity index (χ3v) is 3.68. The Kier molecular flexibility index (Phi) is 6.43. The number of hydrogen-bond acceptors (Lipinski definition) is 5. The molecule has 26 heavy (non-hydrogen) atoms. The highest BCUT2D eigenvalue weighted by atomic mass is 35.5. The highest BCUT2D eigenvalue weighted by Crippen LogP contribution is 2.20. The van der Waals surface area contributed by atoms with Gasteiger partial charge in [0.25, 0.3) is 5.91 Å². The van der Waals surface area contributed by atoms with Crippen LogP contribution < -0.4 is 15.4 Å². The number of amides is 1. The molecule has 0 saturated carbocycles. The molecule has 1 aliphatic heterocycles. The van der Waals surface area contributed by atoms with E-state index in [1.807, 2.05) is 0 Å². The van der Waals surface area contributed by atoms with Gasteiger partial charge in [-0.15, -0.1) is 12.4 Å². The van der Waals surface area contributed by atoms with E-state index in [9.17, 15) is 18.0 Å². The Hall–Kier alpha value is -2.33. The Morgan fingerprint density at radius 1 is 1.38 bits per heavy atom. The van der Waals surface area contributed by atoms with Gasteiger partial charge in [-0.25, -0.2) is 4.98 Å². The fraction of sp³-hybridized carbons (Fsp3) is 0.400. The van der Waals surface area contributed by atoms with Gasteiger partial charge in [-0.05, 0) is 6.07 Å². The summed E-state index contributed by atoms with van der Waals surface area (Å²) in [4.78, 5) is 16.1. The Morgan fingerprint density at radius 2 is 2.19 bits per heavy atom. The van der Waals surface area contributed by atoms with Gasteiger partial charge in [-0.1, -0.05) is 6.07 Å². The zero-order valence-corrected chi connectivity index (χ0v) is 14.3. The minimum absolute atomic E-state index is 0. The van der Waals surface area contributed by atoms with Gasteiger partial charge in [0.2, 0.25) is 5.88 Å². The van der Waals surface area contributed by atoms with E-state index in [1.165, 1.54) is 6.20 Å². The number of fused-ring (bicyclic) bond motifs is 1. The van der Waals surface area contributed by atoms with Crippen molar-refractivity contribution in [2.75, 3.05) is 13.2 Å². The van der Waals surface area contributed by atoms with Crippen molar-refractivity contribution >= 4 is 18.3 Å². The number of halogens is 4. The minimum atomic E-state index is -4.46. The number of aromatic nitrogens is 3. The lowest BCUT2D eigenvalue weighted by molar-refractivity contribution is -0.154. The molecule has 2 aromatic heterocycles. The van der Waals surface area contributed by atoms with Gasteiger partial charge in [0.15, 0.2) is 12.3 Å². The van der Waals surface area contributed by atoms with Crippen LogP contribution in [-0.4, -0.2) is 40.4 Å². The van der Waals surface area contributed by atoms with Crippen molar-refractivity contribution in [3.8, 4) is 5.88 Å². The third-order valence-electron chi connectivity index (χ3n) is 3.68. The summed E-state index contributed by atoms with van der Waals surface area (Å²) in [5.41, 5.74) is 2.36. The maximum absolute atomic E-state index is 12.3. The van der Waals surface area contributed by atoms with Gasteiger partial charge >= 0.3 is 6.18 Å². The molecule has 3 heterocycles. The Morgan fingerprint density at radius 3 is 2.96 bits per heavy atom. The Bertz CT molecular complexity index is 766. The molecule has 0 fully saturated rings. The van der Waals surface area contributed by atoms with Gasteiger partial charge in [0, 0.05) is 49.1 Å². The van der Waals surface area contributed by atoms with Crippen LogP contribution in [0, 0.1) is 0 Å². The smallest absolute Gasteiger partial charge is 0.422 e. The van der Waals surface area contributed by atoms with Crippen molar-refractivity contribution in [2.24, 2.45) is 0 Å². The van der Waals surface area contributed by atoms with Gasteiger partial charge in [-0.2, -0.15) is 18.3 Å². The van der Waals surface area contributed by atoms with Crippen molar-refractivity contribution in [1.82, 2.24) is 25.8 Å². The van der Waals surface area contributed by atoms with Gasteiger partial charge in [0.05, 0.1) is 0 Å². The second kappa shape index (κ2) is 8.37. The van der Waals surface area contributed by atoms with Crippen LogP contribution in [0.1, 0.15) is 27.3 Å². The number of aromatic amines is 1. The van der Waals surface area contributed by atoms with E-state index in [2.05, 4.69) is 25.8 Å². The average Bonchev–Trinajstić information content (AvgIpc) is 3.02. The molecule has 0 unspecified atom stereocenters. The molecule has 0 saturated heterocycles. The van der Waals surface area contributed by atoms with Crippen molar-refractivity contribution in [1.29, 1.82) is 0 Å². The molecule has 0 atom stereocenters. The van der Waals surface area contributed by atoms with E-state index in [-0.39, 0.29) is 30.5 Å². The van der Waals surface area contributed by atoms with Gasteiger partial charge < -0.3 is 15.4 Å². The first-order chi connectivity index (χ1) is 11.9. The van der Waals surface area contributed by atoms with Crippen LogP contribution in [0.25, 0.3) is 0 Å². The van der Waals surface area contributed by atoms with Crippen molar-refractivity contribution < 1.29 is 22.7 Å². The molecule has 0 spiro atoms. The molecule has 1 aliphatic rings. The lowest BCUT2D eigenvalue weighted by Crippen LogP contribution is -2.28. The fourth-order valence-electron chi connectivity index (χ4n) is 2.51. The van der Waals surface area contributed by atoms with Crippen LogP contribution in [0.5, 0.6) is 5.88 Å². The molecule has 2 aromatic rings. The van der Waals surface area contributed by atoms with Crippen LogP contribution in [-0.2, 0) is 19.5 Å². The van der Waals surface area contributed by atoms with Crippen LogP contribution in [0.15, 0.2) is 18.3 Å². The second-order valence-electron chi connectivity index (χ2n) is 5.51. The van der Waals surface area contributed by atoms with Crippen molar-refractivity contribution in [2.45, 2.75) is 25.7 Å². The fourth-order valence-corrected chi connectivity index (χ4v) is 2.51. The number of carbonyl (C=O) groups is 1. The van der Waals surface area contributed by atoms with Gasteiger partial charge in [-0.3, -0.25) is 9.89 Å². The zero-order valence-electron chi connectivity index (χ0n) is 13.5. The van der Waals surface area contributed by atoms with E-state index in [0.29, 0.717) is 12.1 Å². The summed E-state index contributed by atoms with van der Waals surface area (Å²) >= 11 is 0. The maximum Gasteiger partial charge on any atom is 0.422 e. The highest BCUT2D eigenvalue weighted by Gasteiger charge is 2.29. The van der Waals surface area contributed by atoms with Crippen LogP contribution in [0.3, 0.4) is 0 Å². The SMILES string of the molecule is Cl.O=C(NCc1cccnc1OCC(F)(F)F)c1n[nH]c2c1CNCC2. The monoisotopic (exact) mass is 391 g/mol. The second-order valence-corrected chi connectivity index (χ2v) is 5.51. The van der Waals surface area contributed by atoms with Crippen molar-refractivity contribution in [3.05, 3.63) is 40.8 Å². The topological polar surface area (TPSA) is 91.9 Å². The summed E-state index contributed by atoms with van der Waals surface area (Å²) in [5.74, 6) is -0.572. The Labute approximate surface area is 153 Å². The van der Waals surface area contributed by atoms with E-state index in [1.54, 1.807) is 12.1 Å². The first-order valence-corrected chi connectivity index (χ1v) is 7.62. The number of H-pyrrole nitrogens is 1. The van der Waals surface area contributed by atoms with Crippen molar-refractivity contribution in [3.63, 3.8) is 0 Å². The first-order valence-electron chi connectivity index (χ1n) is 7.62. The molecule has 3 N–H and O–H groups in total. The number of nitrogens with one attached hydrogen (secondary N) is 3. The number of ether oxygens (including phenoxy) is 1. The molecule has 0 aromatic carbocycles. The first kappa shape index (κ1) is 20.0. The number of alkyl halides is 3. The zero-order chi connectivity index (χ0) is 17.9. The molecular formula is C15H17ClF3N5O2. The van der Waals surface area contributed by atoms with Gasteiger partial charge in [0.1, 0.15) is 0 Å². The summed E-state index contributed by atoms with van der Waals surface area (Å²) < 4.78 is 41.6. The Balaban J connectivity index is 0.00000243. The normalized spacial score (nSPS) is 13.5. The third kappa shape index (κ3) is 4.85. The number of pyridine rings is 1. The molecule has 3 rings (SSSR count). The molecule has 0 bridgehead atoms. The molecule has 0 radical (unpaired) electrons. The molecule has 7 nitrogen and oxygen atoms in total. The standard InChI is InChI=1S/C15H16F3N5O2.ClH/c16-15(17,18)8-25-14-9(2-1-4-20-14)6-21-13(24)12-10-7-19-5-3-11(10)22-23-12;/h1-2,4,19H,3,5-8H2,(H,21,24)(H,22,23);1H. The quantitative estimate of drug-likeness (QED) is 0.722. The molecule has 1 amide bonds. The highest BCUT2D eigenvalue weighted by molar-refractivity contribution is 5.94. The lowest BCUT2D eigenvalue weighted by atomic mass is 10.1. The summed E-state index contributed by atoms with van der Waals surface area (Å²) in [6.07, 6.45) is -2.38. The summed E-state index contributed by atoms with van der Waals surface area (Å²) in [6.45, 7) is -0.105. The summed E-state index contributed by atoms with van der Waals surface area (Å²) in [5, 5.41) is 12.7. The average molecular weight is 392 g/mol. The number of nitrogens with zero attached hydrogens (tertiary/aromatic N) is 2. The van der Waals surface area contributed by atoms with Crippen LogP contribution >= 0.6 is 12.4 Å². The molecule has 0 aliphatic carbocycles. The number of carbonyl (C=O) groups excluding carboxylic acids is 1. The van der Waals surface area contributed by atoms with E-state index < -0.39 is 18.7 Å². The minimum Gasteiger partial charge on any atom is -0.468 e. The van der Waals surface area contributed by atoms with Crippen LogP contribution in [0.4, 0.5) is 13.2 Å². The summed E-state index contributed by atoms with van der Waals surface area (Å²) in [6, 6.07) is 3.10. The number of hydrogen-bond donors (Lipinski definition) is 3. The lowest BCUT2D eigenvalue weighted by Gasteiger charge is -2.14. The van der Waals surface area contributed by atoms with E-state index in [4.69, 9.17) is 4.74 Å². The van der Waals surface area contributed by atoms with E-state index in [0.717, 1.165) is 24.2 Å². The number of rotatable bonds is 5. The maximum atomic E-state index is 12.3. The summed E-state index contributed by atoms with van der Waals surface area (Å²) in [7, 11) is 0. The predicted octanol–water partition coefficient (Wildman–Crippen LogP) is 1.74. The van der Waals surface area contributed by atoms with Crippen LogP contribution in [0.2, 0.25) is 0 Å². The molecular weight excluding hydrogens is 375 g/mol. The van der Waals surface area contributed by atoms with E-state index >= 15 is 0 Å². The molecule has 142 valence electrons.